The molecule has 1 amide bonds. The van der Waals surface area contributed by atoms with Gasteiger partial charge in [-0.25, -0.2) is 9.67 Å². The Balaban J connectivity index is 1.32. The van der Waals surface area contributed by atoms with Crippen molar-refractivity contribution in [2.45, 2.75) is 6.18 Å². The third-order valence-electron chi connectivity index (χ3n) is 5.07. The first-order valence-corrected chi connectivity index (χ1v) is 10.2. The molecular weight excluding hydrogens is 445 g/mol. The Morgan fingerprint density at radius 1 is 0.853 bits per heavy atom. The summed E-state index contributed by atoms with van der Waals surface area (Å²) >= 11 is 0. The van der Waals surface area contributed by atoms with Crippen molar-refractivity contribution in [1.82, 2.24) is 19.2 Å². The molecular formula is C24H17F3N6O. The summed E-state index contributed by atoms with van der Waals surface area (Å²) < 4.78 is 41.9. The number of fused-ring (bicyclic) bond motifs is 1. The number of rotatable bonds is 5. The minimum atomic E-state index is -4.53. The predicted octanol–water partition coefficient (Wildman–Crippen LogP) is 5.53. The standard InChI is InChI=1S/C24H17F3N6O/c25-24(26,27)20-15-32-21(7-4-8-22(32)31-20)29-16-9-11-17(12-10-16)30-23(34)19-13-14-28-33(19)18-5-2-1-3-6-18/h1-15,29H,(H,30,34). The summed E-state index contributed by atoms with van der Waals surface area (Å²) in [4.78, 5) is 16.4. The Kier molecular flexibility index (Phi) is 5.25. The molecule has 3 aromatic heterocycles. The van der Waals surface area contributed by atoms with Crippen LogP contribution >= 0.6 is 0 Å². The second-order valence-electron chi connectivity index (χ2n) is 7.38. The molecule has 7 nitrogen and oxygen atoms in total. The monoisotopic (exact) mass is 462 g/mol. The van der Waals surface area contributed by atoms with Crippen LogP contribution in [0.1, 0.15) is 16.2 Å². The molecule has 3 heterocycles. The van der Waals surface area contributed by atoms with Crippen LogP contribution in [0.4, 0.5) is 30.4 Å². The van der Waals surface area contributed by atoms with Crippen LogP contribution in [-0.2, 0) is 6.18 Å². The van der Waals surface area contributed by atoms with Gasteiger partial charge in [-0.2, -0.15) is 18.3 Å². The Morgan fingerprint density at radius 2 is 1.59 bits per heavy atom. The van der Waals surface area contributed by atoms with Gasteiger partial charge in [0.2, 0.25) is 0 Å². The molecule has 0 aliphatic rings. The third-order valence-corrected chi connectivity index (χ3v) is 5.07. The van der Waals surface area contributed by atoms with Gasteiger partial charge in [-0.15, -0.1) is 0 Å². The van der Waals surface area contributed by atoms with E-state index in [2.05, 4.69) is 20.7 Å². The summed E-state index contributed by atoms with van der Waals surface area (Å²) in [6, 6.07) is 22.5. The fourth-order valence-electron chi connectivity index (χ4n) is 3.48. The van der Waals surface area contributed by atoms with Gasteiger partial charge in [0.05, 0.1) is 11.9 Å². The number of carbonyl (C=O) groups excluding carboxylic acids is 1. The van der Waals surface area contributed by atoms with E-state index in [9.17, 15) is 18.0 Å². The Bertz CT molecular complexity index is 1460. The first-order chi connectivity index (χ1) is 16.4. The van der Waals surface area contributed by atoms with E-state index in [4.69, 9.17) is 0 Å². The molecule has 0 saturated carbocycles. The number of hydrogen-bond acceptors (Lipinski definition) is 4. The van der Waals surface area contributed by atoms with Crippen LogP contribution in [0, 0.1) is 0 Å². The van der Waals surface area contributed by atoms with Crippen molar-refractivity contribution in [1.29, 1.82) is 0 Å². The van der Waals surface area contributed by atoms with E-state index >= 15 is 0 Å². The van der Waals surface area contributed by atoms with E-state index < -0.39 is 11.9 Å². The highest BCUT2D eigenvalue weighted by molar-refractivity contribution is 6.03. The second kappa shape index (κ2) is 8.39. The topological polar surface area (TPSA) is 76.2 Å². The first-order valence-electron chi connectivity index (χ1n) is 10.2. The molecule has 5 rings (SSSR count). The molecule has 5 aromatic rings. The van der Waals surface area contributed by atoms with Gasteiger partial charge in [-0.3, -0.25) is 9.20 Å². The number of nitrogens with one attached hydrogen (secondary N) is 2. The summed E-state index contributed by atoms with van der Waals surface area (Å²) in [5.41, 5.74) is 1.53. The van der Waals surface area contributed by atoms with E-state index in [1.54, 1.807) is 53.3 Å². The van der Waals surface area contributed by atoms with Crippen molar-refractivity contribution in [3.05, 3.63) is 103 Å². The number of imidazole rings is 1. The molecule has 0 saturated heterocycles. The zero-order valence-corrected chi connectivity index (χ0v) is 17.5. The molecule has 0 fully saturated rings. The Hall–Kier alpha value is -4.60. The number of alkyl halides is 3. The lowest BCUT2D eigenvalue weighted by Crippen LogP contribution is -2.16. The molecule has 2 aromatic carbocycles. The Labute approximate surface area is 191 Å². The van der Waals surface area contributed by atoms with E-state index in [-0.39, 0.29) is 11.6 Å². The maximum atomic E-state index is 13.0. The number of benzene rings is 2. The van der Waals surface area contributed by atoms with E-state index in [0.29, 0.717) is 22.9 Å². The number of hydrogen-bond donors (Lipinski definition) is 2. The molecule has 170 valence electrons. The van der Waals surface area contributed by atoms with E-state index in [0.717, 1.165) is 11.9 Å². The maximum absolute atomic E-state index is 13.0. The molecule has 0 unspecified atom stereocenters. The lowest BCUT2D eigenvalue weighted by Gasteiger charge is -2.11. The number of amides is 1. The lowest BCUT2D eigenvalue weighted by atomic mass is 10.2. The summed E-state index contributed by atoms with van der Waals surface area (Å²) in [7, 11) is 0. The van der Waals surface area contributed by atoms with Gasteiger partial charge in [0.25, 0.3) is 5.91 Å². The van der Waals surface area contributed by atoms with Crippen LogP contribution in [0.5, 0.6) is 0 Å². The van der Waals surface area contributed by atoms with Crippen molar-refractivity contribution < 1.29 is 18.0 Å². The quantitative estimate of drug-likeness (QED) is 0.360. The van der Waals surface area contributed by atoms with Crippen molar-refractivity contribution in [3.8, 4) is 5.69 Å². The van der Waals surface area contributed by atoms with Gasteiger partial charge in [0, 0.05) is 17.6 Å². The molecule has 0 aliphatic heterocycles. The maximum Gasteiger partial charge on any atom is 0.434 e. The zero-order chi connectivity index (χ0) is 23.7. The fourth-order valence-corrected chi connectivity index (χ4v) is 3.48. The van der Waals surface area contributed by atoms with Crippen LogP contribution in [0.15, 0.2) is 91.3 Å². The number of para-hydroxylation sites is 1. The number of aromatic nitrogens is 4. The van der Waals surface area contributed by atoms with Gasteiger partial charge in [0.15, 0.2) is 5.69 Å². The van der Waals surface area contributed by atoms with E-state index in [1.165, 1.54) is 10.5 Å². The first kappa shape index (κ1) is 21.3. The molecule has 0 atom stereocenters. The molecule has 2 N–H and O–H groups in total. The molecule has 0 spiro atoms. The summed E-state index contributed by atoms with van der Waals surface area (Å²) in [6.45, 7) is 0. The molecule has 10 heteroatoms. The predicted molar refractivity (Wildman–Crippen MR) is 121 cm³/mol. The van der Waals surface area contributed by atoms with Gasteiger partial charge in [-0.05, 0) is 54.6 Å². The van der Waals surface area contributed by atoms with Gasteiger partial charge >= 0.3 is 6.18 Å². The highest BCUT2D eigenvalue weighted by Crippen LogP contribution is 2.30. The van der Waals surface area contributed by atoms with Crippen LogP contribution < -0.4 is 10.6 Å². The SMILES string of the molecule is O=C(Nc1ccc(Nc2cccc3nc(C(F)(F)F)cn23)cc1)c1ccnn1-c1ccccc1. The molecule has 0 aliphatic carbocycles. The smallest absolute Gasteiger partial charge is 0.341 e. The van der Waals surface area contributed by atoms with Crippen LogP contribution in [-0.4, -0.2) is 25.1 Å². The highest BCUT2D eigenvalue weighted by Gasteiger charge is 2.34. The Morgan fingerprint density at radius 3 is 2.32 bits per heavy atom. The number of nitrogens with zero attached hydrogens (tertiary/aromatic N) is 4. The normalized spacial score (nSPS) is 11.5. The number of halogens is 3. The second-order valence-corrected chi connectivity index (χ2v) is 7.38. The van der Waals surface area contributed by atoms with Gasteiger partial charge in [-0.1, -0.05) is 24.3 Å². The average molecular weight is 462 g/mol. The highest BCUT2D eigenvalue weighted by atomic mass is 19.4. The molecule has 0 radical (unpaired) electrons. The third kappa shape index (κ3) is 4.20. The fraction of sp³-hybridized carbons (Fsp3) is 0.0417. The van der Waals surface area contributed by atoms with Crippen LogP contribution in [0.2, 0.25) is 0 Å². The molecule has 0 bridgehead atoms. The summed E-state index contributed by atoms with van der Waals surface area (Å²) in [5.74, 6) is 0.0916. The average Bonchev–Trinajstić information content (AvgIpc) is 3.49. The van der Waals surface area contributed by atoms with Crippen molar-refractivity contribution in [3.63, 3.8) is 0 Å². The van der Waals surface area contributed by atoms with Crippen molar-refractivity contribution in [2.75, 3.05) is 10.6 Å². The number of anilines is 3. The minimum Gasteiger partial charge on any atom is -0.341 e. The largest absolute Gasteiger partial charge is 0.434 e. The number of carbonyl (C=O) groups is 1. The summed E-state index contributed by atoms with van der Waals surface area (Å²) in [5, 5.41) is 10.1. The van der Waals surface area contributed by atoms with Crippen molar-refractivity contribution in [2.24, 2.45) is 0 Å². The lowest BCUT2D eigenvalue weighted by molar-refractivity contribution is -0.140. The minimum absolute atomic E-state index is 0.177. The van der Waals surface area contributed by atoms with E-state index in [1.807, 2.05) is 30.3 Å². The summed E-state index contributed by atoms with van der Waals surface area (Å²) in [6.07, 6.45) is -2.03. The van der Waals surface area contributed by atoms with Gasteiger partial charge in [0.1, 0.15) is 17.2 Å². The van der Waals surface area contributed by atoms with Crippen LogP contribution in [0.25, 0.3) is 11.3 Å². The van der Waals surface area contributed by atoms with Crippen molar-refractivity contribution >= 4 is 28.7 Å². The molecule has 34 heavy (non-hydrogen) atoms. The zero-order valence-electron chi connectivity index (χ0n) is 17.5. The van der Waals surface area contributed by atoms with Crippen LogP contribution in [0.3, 0.4) is 0 Å². The number of pyridine rings is 1. The van der Waals surface area contributed by atoms with Gasteiger partial charge < -0.3 is 10.6 Å².